The number of aliphatic carboxylic acids is 1. The van der Waals surface area contributed by atoms with Gasteiger partial charge in [0.1, 0.15) is 31.0 Å². The van der Waals surface area contributed by atoms with E-state index in [1.807, 2.05) is 0 Å². The number of hydrogen-bond donors (Lipinski definition) is 7. The molecule has 1 aromatic rings. The van der Waals surface area contributed by atoms with Gasteiger partial charge in [-0.1, -0.05) is 12.1 Å². The van der Waals surface area contributed by atoms with Crippen LogP contribution in [0.1, 0.15) is 5.56 Å². The molecule has 1 saturated heterocycles. The Bertz CT molecular complexity index is 1190. The van der Waals surface area contributed by atoms with Crippen LogP contribution in [-0.4, -0.2) is 111 Å². The topological polar surface area (TPSA) is 222 Å². The smallest absolute Gasteiger partial charge is 0.335 e. The van der Waals surface area contributed by atoms with Crippen molar-refractivity contribution in [2.45, 2.75) is 43.1 Å². The zero-order valence-corrected chi connectivity index (χ0v) is 21.1. The number of aromatic hydroxyl groups is 1. The first-order valence-electron chi connectivity index (χ1n) is 12.2. The number of benzene rings is 1. The number of hydrogen-bond acceptors (Lipinski definition) is 13. The quantitative estimate of drug-likeness (QED) is 0.104. The van der Waals surface area contributed by atoms with Crippen LogP contribution in [0.4, 0.5) is 0 Å². The van der Waals surface area contributed by atoms with E-state index in [1.54, 1.807) is 6.07 Å². The lowest BCUT2D eigenvalue weighted by Gasteiger charge is -2.43. The fourth-order valence-electron chi connectivity index (χ4n) is 4.83. The number of carbonyl (C=O) groups is 2. The average molecular weight is 567 g/mol. The highest BCUT2D eigenvalue weighted by Gasteiger charge is 2.52. The maximum Gasteiger partial charge on any atom is 0.335 e. The molecule has 7 N–H and O–H groups in total. The number of carbonyl (C=O) groups excluding carboxylic acids is 1. The van der Waals surface area contributed by atoms with E-state index >= 15 is 0 Å². The van der Waals surface area contributed by atoms with Crippen LogP contribution in [0.15, 0.2) is 47.8 Å². The number of ether oxygens (including phenoxy) is 5. The number of rotatable bonds is 9. The van der Waals surface area contributed by atoms with Gasteiger partial charge in [-0.05, 0) is 29.3 Å². The van der Waals surface area contributed by atoms with Crippen LogP contribution in [0.3, 0.4) is 0 Å². The summed E-state index contributed by atoms with van der Waals surface area (Å²) in [5, 5.41) is 69.9. The molecule has 218 valence electrons. The summed E-state index contributed by atoms with van der Waals surface area (Å²) in [6.45, 7) is -1.08. The van der Waals surface area contributed by atoms with E-state index < -0.39 is 73.5 Å². The van der Waals surface area contributed by atoms with Crippen molar-refractivity contribution in [1.29, 1.82) is 0 Å². The highest BCUT2D eigenvalue weighted by molar-refractivity contribution is 5.88. The summed E-state index contributed by atoms with van der Waals surface area (Å²) in [7, 11) is 1.38. The molecule has 1 fully saturated rings. The Morgan fingerprint density at radius 3 is 2.48 bits per heavy atom. The van der Waals surface area contributed by atoms with E-state index in [2.05, 4.69) is 0 Å². The van der Waals surface area contributed by atoms with Gasteiger partial charge in [-0.2, -0.15) is 0 Å². The number of esters is 1. The first-order valence-corrected chi connectivity index (χ1v) is 12.2. The van der Waals surface area contributed by atoms with Crippen molar-refractivity contribution in [1.82, 2.24) is 0 Å². The van der Waals surface area contributed by atoms with Crippen LogP contribution < -0.4 is 4.74 Å². The van der Waals surface area contributed by atoms with Crippen molar-refractivity contribution in [2.75, 3.05) is 20.3 Å². The van der Waals surface area contributed by atoms with Crippen LogP contribution in [0.2, 0.25) is 0 Å². The van der Waals surface area contributed by atoms with E-state index in [0.29, 0.717) is 5.56 Å². The number of carboxylic acid groups (broad SMARTS) is 1. The first-order chi connectivity index (χ1) is 19.0. The third-order valence-electron chi connectivity index (χ3n) is 6.91. The largest absolute Gasteiger partial charge is 0.504 e. The van der Waals surface area contributed by atoms with Gasteiger partial charge in [0.05, 0.1) is 37.6 Å². The van der Waals surface area contributed by atoms with Crippen LogP contribution >= 0.6 is 0 Å². The molecule has 0 saturated carbocycles. The normalized spacial score (nSPS) is 33.5. The molecule has 0 amide bonds. The molecule has 9 atom stereocenters. The third-order valence-corrected chi connectivity index (χ3v) is 6.91. The second-order valence-corrected chi connectivity index (χ2v) is 9.37. The van der Waals surface area contributed by atoms with Gasteiger partial charge >= 0.3 is 11.9 Å². The van der Waals surface area contributed by atoms with Gasteiger partial charge in [-0.3, -0.25) is 0 Å². The van der Waals surface area contributed by atoms with Crippen LogP contribution in [0, 0.1) is 11.8 Å². The monoisotopic (exact) mass is 566 g/mol. The summed E-state index contributed by atoms with van der Waals surface area (Å²) >= 11 is 0. The number of aliphatic hydroxyl groups excluding tert-OH is 5. The van der Waals surface area contributed by atoms with Crippen molar-refractivity contribution < 1.29 is 69.0 Å². The SMILES string of the molecule is COc1cc(C=CC(=O)OCC2=C[C@@H](O)[C@@H]3C(C(=O)O)=CO[C@@H](O[C@@H]4O[C@H](CO)[C@@H](O)[C@H](O)[C@H]4O)[C@H]23)ccc1O. The van der Waals surface area contributed by atoms with Gasteiger partial charge in [-0.15, -0.1) is 0 Å². The van der Waals surface area contributed by atoms with Crippen molar-refractivity contribution in [3.05, 3.63) is 53.3 Å². The number of fused-ring (bicyclic) bond motifs is 1. The fourth-order valence-corrected chi connectivity index (χ4v) is 4.83. The molecule has 0 spiro atoms. The lowest BCUT2D eigenvalue weighted by atomic mass is 9.82. The van der Waals surface area contributed by atoms with E-state index in [4.69, 9.17) is 23.7 Å². The zero-order chi connectivity index (χ0) is 29.1. The Kier molecular flexibility index (Phi) is 9.10. The summed E-state index contributed by atoms with van der Waals surface area (Å²) in [6, 6.07) is 4.43. The second-order valence-electron chi connectivity index (χ2n) is 9.37. The molecular weight excluding hydrogens is 536 g/mol. The number of aliphatic hydroxyl groups is 5. The van der Waals surface area contributed by atoms with Gasteiger partial charge in [0, 0.05) is 12.0 Å². The van der Waals surface area contributed by atoms with E-state index in [9.17, 15) is 45.3 Å². The molecule has 3 aliphatic rings. The molecule has 1 aliphatic carbocycles. The maximum absolute atomic E-state index is 12.4. The highest BCUT2D eigenvalue weighted by Crippen LogP contribution is 2.44. The van der Waals surface area contributed by atoms with Gasteiger partial charge in [0.15, 0.2) is 17.8 Å². The average Bonchev–Trinajstić information content (AvgIpc) is 3.27. The van der Waals surface area contributed by atoms with Gasteiger partial charge in [0.25, 0.3) is 0 Å². The van der Waals surface area contributed by atoms with E-state index in [1.165, 1.54) is 31.4 Å². The molecule has 40 heavy (non-hydrogen) atoms. The molecule has 14 heteroatoms. The minimum absolute atomic E-state index is 0.0755. The predicted octanol–water partition coefficient (Wildman–Crippen LogP) is -1.37. The molecule has 0 bridgehead atoms. The first kappa shape index (κ1) is 29.5. The molecule has 2 aliphatic heterocycles. The molecule has 0 radical (unpaired) electrons. The Balaban J connectivity index is 1.49. The molecule has 14 nitrogen and oxygen atoms in total. The minimum atomic E-state index is -1.76. The van der Waals surface area contributed by atoms with Crippen molar-refractivity contribution in [3.63, 3.8) is 0 Å². The van der Waals surface area contributed by atoms with Crippen molar-refractivity contribution in [3.8, 4) is 11.5 Å². The van der Waals surface area contributed by atoms with E-state index in [0.717, 1.165) is 12.3 Å². The number of phenols is 1. The number of carboxylic acids is 1. The van der Waals surface area contributed by atoms with Gasteiger partial charge in [0.2, 0.25) is 6.29 Å². The maximum atomic E-state index is 12.4. The van der Waals surface area contributed by atoms with Gasteiger partial charge < -0.3 is 59.4 Å². The number of phenolic OH excluding ortho intramolecular Hbond substituents is 1. The van der Waals surface area contributed by atoms with Crippen molar-refractivity contribution in [2.24, 2.45) is 11.8 Å². The standard InChI is InChI=1S/C26H30O14/c1-36-16-6-11(2-4-14(16)28)3-5-18(30)37-9-12-7-15(29)20-13(24(34)35)10-38-25(19(12)20)40-26-23(33)22(32)21(31)17(8-27)39-26/h2-7,10,15,17,19-23,25-29,31-33H,8-9H2,1H3,(H,34,35)/t15-,17-,19-,20+,21-,22+,23-,25+,26+/m1/s1. The summed E-state index contributed by atoms with van der Waals surface area (Å²) in [5.41, 5.74) is 0.518. The molecule has 4 rings (SSSR count). The van der Waals surface area contributed by atoms with Gasteiger partial charge in [-0.25, -0.2) is 9.59 Å². The molecular formula is C26H30O14. The highest BCUT2D eigenvalue weighted by atomic mass is 16.8. The lowest BCUT2D eigenvalue weighted by Crippen LogP contribution is -2.60. The summed E-state index contributed by atoms with van der Waals surface area (Å²) in [5.74, 6) is -4.10. The Morgan fingerprint density at radius 2 is 1.80 bits per heavy atom. The Hall–Kier alpha value is -3.50. The fraction of sp³-hybridized carbons (Fsp3) is 0.462. The third kappa shape index (κ3) is 5.97. The Morgan fingerprint density at radius 1 is 1.05 bits per heavy atom. The molecule has 0 unspecified atom stereocenters. The van der Waals surface area contributed by atoms with Crippen LogP contribution in [-0.2, 0) is 28.5 Å². The molecule has 2 heterocycles. The van der Waals surface area contributed by atoms with Crippen molar-refractivity contribution >= 4 is 18.0 Å². The summed E-state index contributed by atoms with van der Waals surface area (Å²) in [6.07, 6.45) is -5.94. The minimum Gasteiger partial charge on any atom is -0.504 e. The predicted molar refractivity (Wildman–Crippen MR) is 131 cm³/mol. The summed E-state index contributed by atoms with van der Waals surface area (Å²) in [4.78, 5) is 24.2. The zero-order valence-electron chi connectivity index (χ0n) is 21.1. The Labute approximate surface area is 227 Å². The summed E-state index contributed by atoms with van der Waals surface area (Å²) < 4.78 is 26.9. The number of methoxy groups -OCH3 is 1. The van der Waals surface area contributed by atoms with Crippen LogP contribution in [0.5, 0.6) is 11.5 Å². The lowest BCUT2D eigenvalue weighted by molar-refractivity contribution is -0.340. The molecule has 0 aromatic heterocycles. The van der Waals surface area contributed by atoms with Crippen LogP contribution in [0.25, 0.3) is 6.08 Å². The molecule has 1 aromatic carbocycles. The second kappa shape index (κ2) is 12.3. The van der Waals surface area contributed by atoms with E-state index in [-0.39, 0.29) is 29.3 Å².